The molecule has 3 N–H and O–H groups in total. The van der Waals surface area contributed by atoms with Crippen LogP contribution in [0.15, 0.2) is 29.2 Å². The van der Waals surface area contributed by atoms with Gasteiger partial charge in [-0.2, -0.15) is 13.2 Å². The van der Waals surface area contributed by atoms with Gasteiger partial charge in [-0.15, -0.1) is 12.4 Å². The van der Waals surface area contributed by atoms with E-state index in [1.165, 1.54) is 0 Å². The van der Waals surface area contributed by atoms with Crippen molar-refractivity contribution in [3.05, 3.63) is 29.8 Å². The molecule has 0 aromatic heterocycles. The molecule has 1 aliphatic carbocycles. The first-order valence-corrected chi connectivity index (χ1v) is 7.57. The van der Waals surface area contributed by atoms with Gasteiger partial charge in [-0.1, -0.05) is 6.07 Å². The molecule has 0 radical (unpaired) electrons. The first-order chi connectivity index (χ1) is 9.12. The topological polar surface area (TPSA) is 72.2 Å². The highest BCUT2D eigenvalue weighted by molar-refractivity contribution is 7.89. The average Bonchev–Trinajstić information content (AvgIpc) is 2.33. The standard InChI is InChI=1S/C12H15F3N2O2S.ClH/c13-12(14,15)9-3-1-4-10(7-9)20(18,19)17-8-11(16)5-2-6-11;/h1,3-4,7,17H,2,5-6,8,16H2;1H. The highest BCUT2D eigenvalue weighted by Crippen LogP contribution is 2.31. The molecule has 0 heterocycles. The summed E-state index contributed by atoms with van der Waals surface area (Å²) in [5, 5.41) is 0. The van der Waals surface area contributed by atoms with Crippen LogP contribution in [0.1, 0.15) is 24.8 Å². The molecular weight excluding hydrogens is 329 g/mol. The number of alkyl halides is 3. The van der Waals surface area contributed by atoms with Gasteiger partial charge in [0, 0.05) is 12.1 Å². The largest absolute Gasteiger partial charge is 0.416 e. The van der Waals surface area contributed by atoms with Gasteiger partial charge in [0.2, 0.25) is 10.0 Å². The van der Waals surface area contributed by atoms with E-state index in [0.29, 0.717) is 18.9 Å². The van der Waals surface area contributed by atoms with Crippen molar-refractivity contribution in [1.82, 2.24) is 4.72 Å². The van der Waals surface area contributed by atoms with Crippen LogP contribution in [0.2, 0.25) is 0 Å². The molecule has 0 atom stereocenters. The summed E-state index contributed by atoms with van der Waals surface area (Å²) in [5.74, 6) is 0. The van der Waals surface area contributed by atoms with E-state index in [4.69, 9.17) is 5.73 Å². The summed E-state index contributed by atoms with van der Waals surface area (Å²) >= 11 is 0. The van der Waals surface area contributed by atoms with Crippen LogP contribution in [-0.4, -0.2) is 20.5 Å². The lowest BCUT2D eigenvalue weighted by Crippen LogP contribution is -2.54. The zero-order valence-electron chi connectivity index (χ0n) is 11.0. The molecule has 1 fully saturated rings. The summed E-state index contributed by atoms with van der Waals surface area (Å²) in [6, 6.07) is 3.64. The molecule has 0 spiro atoms. The van der Waals surface area contributed by atoms with Crippen molar-refractivity contribution in [2.75, 3.05) is 6.54 Å². The fourth-order valence-corrected chi connectivity index (χ4v) is 3.15. The minimum atomic E-state index is -4.57. The Bertz CT molecular complexity index is 601. The Kier molecular flexibility index (Phi) is 5.31. The van der Waals surface area contributed by atoms with Crippen LogP contribution in [0.25, 0.3) is 0 Å². The highest BCUT2D eigenvalue weighted by atomic mass is 35.5. The normalized spacial score (nSPS) is 17.7. The van der Waals surface area contributed by atoms with Gasteiger partial charge in [0.15, 0.2) is 0 Å². The zero-order valence-corrected chi connectivity index (χ0v) is 12.6. The molecule has 0 aliphatic heterocycles. The van der Waals surface area contributed by atoms with E-state index < -0.39 is 32.2 Å². The SMILES string of the molecule is Cl.NC1(CNS(=O)(=O)c2cccc(C(F)(F)F)c2)CCC1. The van der Waals surface area contributed by atoms with Crippen LogP contribution in [0, 0.1) is 0 Å². The second kappa shape index (κ2) is 6.12. The number of nitrogens with two attached hydrogens (primary N) is 1. The third-order valence-electron chi connectivity index (χ3n) is 3.44. The Morgan fingerprint density at radius 3 is 2.38 bits per heavy atom. The molecule has 21 heavy (non-hydrogen) atoms. The van der Waals surface area contributed by atoms with Gasteiger partial charge in [-0.3, -0.25) is 0 Å². The van der Waals surface area contributed by atoms with Crippen LogP contribution < -0.4 is 10.5 Å². The summed E-state index contributed by atoms with van der Waals surface area (Å²) in [6.45, 7) is 0.0333. The van der Waals surface area contributed by atoms with Crippen molar-refractivity contribution in [2.24, 2.45) is 5.73 Å². The highest BCUT2D eigenvalue weighted by Gasteiger charge is 2.35. The number of halogens is 4. The molecule has 1 aromatic carbocycles. The fraction of sp³-hybridized carbons (Fsp3) is 0.500. The third kappa shape index (κ3) is 4.32. The quantitative estimate of drug-likeness (QED) is 0.880. The fourth-order valence-electron chi connectivity index (χ4n) is 1.97. The van der Waals surface area contributed by atoms with Gasteiger partial charge in [0.25, 0.3) is 0 Å². The number of benzene rings is 1. The lowest BCUT2D eigenvalue weighted by molar-refractivity contribution is -0.137. The van der Waals surface area contributed by atoms with Crippen molar-refractivity contribution in [3.8, 4) is 0 Å². The minimum Gasteiger partial charge on any atom is -0.324 e. The monoisotopic (exact) mass is 344 g/mol. The van der Waals surface area contributed by atoms with E-state index in [2.05, 4.69) is 4.72 Å². The summed E-state index contributed by atoms with van der Waals surface area (Å²) < 4.78 is 63.9. The van der Waals surface area contributed by atoms with E-state index in [-0.39, 0.29) is 19.0 Å². The van der Waals surface area contributed by atoms with E-state index in [9.17, 15) is 21.6 Å². The van der Waals surface area contributed by atoms with Crippen molar-refractivity contribution in [2.45, 2.75) is 35.9 Å². The van der Waals surface area contributed by atoms with Crippen LogP contribution in [0.4, 0.5) is 13.2 Å². The Labute approximate surface area is 127 Å². The molecule has 9 heteroatoms. The first kappa shape index (κ1) is 18.2. The predicted octanol–water partition coefficient (Wildman–Crippen LogP) is 2.29. The number of rotatable bonds is 4. The van der Waals surface area contributed by atoms with Gasteiger partial charge in [-0.05, 0) is 37.5 Å². The van der Waals surface area contributed by atoms with Crippen molar-refractivity contribution >= 4 is 22.4 Å². The van der Waals surface area contributed by atoms with Gasteiger partial charge in [0.05, 0.1) is 10.5 Å². The van der Waals surface area contributed by atoms with E-state index >= 15 is 0 Å². The van der Waals surface area contributed by atoms with E-state index in [1.807, 2.05) is 0 Å². The van der Waals surface area contributed by atoms with Crippen LogP contribution >= 0.6 is 12.4 Å². The number of hydrogen-bond donors (Lipinski definition) is 2. The molecule has 0 unspecified atom stereocenters. The predicted molar refractivity (Wildman–Crippen MR) is 74.6 cm³/mol. The Balaban J connectivity index is 0.00000220. The van der Waals surface area contributed by atoms with Crippen LogP contribution in [0.3, 0.4) is 0 Å². The maximum absolute atomic E-state index is 12.6. The first-order valence-electron chi connectivity index (χ1n) is 6.08. The maximum Gasteiger partial charge on any atom is 0.416 e. The minimum absolute atomic E-state index is 0. The number of nitrogens with one attached hydrogen (secondary N) is 1. The summed E-state index contributed by atoms with van der Waals surface area (Å²) in [6.07, 6.45) is -2.23. The van der Waals surface area contributed by atoms with Gasteiger partial charge in [0.1, 0.15) is 0 Å². The maximum atomic E-state index is 12.6. The van der Waals surface area contributed by atoms with Gasteiger partial charge < -0.3 is 5.73 Å². The molecule has 0 bridgehead atoms. The lowest BCUT2D eigenvalue weighted by Gasteiger charge is -2.38. The second-order valence-corrected chi connectivity index (χ2v) is 6.83. The molecule has 4 nitrogen and oxygen atoms in total. The molecule has 1 aromatic rings. The van der Waals surface area contributed by atoms with Crippen LogP contribution in [-0.2, 0) is 16.2 Å². The van der Waals surface area contributed by atoms with Gasteiger partial charge >= 0.3 is 6.18 Å². The molecular formula is C12H16ClF3N2O2S. The third-order valence-corrected chi connectivity index (χ3v) is 4.83. The Hall–Kier alpha value is -0.830. The average molecular weight is 345 g/mol. The smallest absolute Gasteiger partial charge is 0.324 e. The summed E-state index contributed by atoms with van der Waals surface area (Å²) in [7, 11) is -3.98. The number of hydrogen-bond acceptors (Lipinski definition) is 3. The molecule has 1 saturated carbocycles. The van der Waals surface area contributed by atoms with E-state index in [0.717, 1.165) is 24.6 Å². The van der Waals surface area contributed by atoms with Crippen LogP contribution in [0.5, 0.6) is 0 Å². The lowest BCUT2D eigenvalue weighted by atomic mass is 9.78. The van der Waals surface area contributed by atoms with Crippen molar-refractivity contribution in [3.63, 3.8) is 0 Å². The van der Waals surface area contributed by atoms with Crippen molar-refractivity contribution in [1.29, 1.82) is 0 Å². The zero-order chi connectivity index (χ0) is 15.0. The molecule has 0 amide bonds. The molecule has 120 valence electrons. The summed E-state index contributed by atoms with van der Waals surface area (Å²) in [4.78, 5) is -0.407. The number of sulfonamides is 1. The Morgan fingerprint density at radius 2 is 1.90 bits per heavy atom. The van der Waals surface area contributed by atoms with Gasteiger partial charge in [-0.25, -0.2) is 13.1 Å². The molecule has 2 rings (SSSR count). The Morgan fingerprint density at radius 1 is 1.29 bits per heavy atom. The summed E-state index contributed by atoms with van der Waals surface area (Å²) in [5.41, 5.74) is 4.31. The molecule has 1 aliphatic rings. The second-order valence-electron chi connectivity index (χ2n) is 5.07. The molecule has 0 saturated heterocycles. The van der Waals surface area contributed by atoms with Crippen molar-refractivity contribution < 1.29 is 21.6 Å². The van der Waals surface area contributed by atoms with E-state index in [1.54, 1.807) is 0 Å².